The lowest BCUT2D eigenvalue weighted by Crippen LogP contribution is -2.04. The predicted octanol–water partition coefficient (Wildman–Crippen LogP) is 3.80. The molecule has 4 nitrogen and oxygen atoms in total. The van der Waals surface area contributed by atoms with Gasteiger partial charge in [0.15, 0.2) is 0 Å². The standard InChI is InChI=1S/C18H12BrNO3S/c1-2-11-23-18-6-4-3-5-14(18)12-17(13-20)24(21,22)16-9-7-15(19)8-10-16/h1,3-10,12H,11H2. The van der Waals surface area contributed by atoms with Crippen molar-refractivity contribution in [2.45, 2.75) is 4.90 Å². The summed E-state index contributed by atoms with van der Waals surface area (Å²) >= 11 is 3.25. The zero-order chi connectivity index (χ0) is 17.6. The lowest BCUT2D eigenvalue weighted by atomic mass is 10.2. The van der Waals surface area contributed by atoms with Crippen LogP contribution in [0, 0.1) is 23.7 Å². The number of hydrogen-bond acceptors (Lipinski definition) is 4. The molecule has 6 heteroatoms. The van der Waals surface area contributed by atoms with Gasteiger partial charge in [0.1, 0.15) is 23.3 Å². The summed E-state index contributed by atoms with van der Waals surface area (Å²) in [6.07, 6.45) is 6.45. The molecule has 0 heterocycles. The van der Waals surface area contributed by atoms with Crippen molar-refractivity contribution in [2.75, 3.05) is 6.61 Å². The van der Waals surface area contributed by atoms with E-state index in [1.807, 2.05) is 0 Å². The van der Waals surface area contributed by atoms with Crippen molar-refractivity contribution in [1.29, 1.82) is 5.26 Å². The van der Waals surface area contributed by atoms with Crippen molar-refractivity contribution < 1.29 is 13.2 Å². The maximum atomic E-state index is 12.6. The van der Waals surface area contributed by atoms with Gasteiger partial charge in [-0.2, -0.15) is 5.26 Å². The molecule has 0 spiro atoms. The van der Waals surface area contributed by atoms with Gasteiger partial charge in [-0.25, -0.2) is 8.42 Å². The fourth-order valence-corrected chi connectivity index (χ4v) is 3.32. The first-order valence-electron chi connectivity index (χ1n) is 6.77. The molecule has 0 amide bonds. The molecule has 2 aromatic rings. The molecule has 0 bridgehead atoms. The maximum absolute atomic E-state index is 12.6. The first-order chi connectivity index (χ1) is 11.5. The summed E-state index contributed by atoms with van der Waals surface area (Å²) in [7, 11) is -3.92. The number of sulfone groups is 1. The van der Waals surface area contributed by atoms with Crippen LogP contribution >= 0.6 is 15.9 Å². The average molecular weight is 402 g/mol. The van der Waals surface area contributed by atoms with Crippen molar-refractivity contribution in [3.8, 4) is 24.2 Å². The molecule has 2 aromatic carbocycles. The number of rotatable bonds is 5. The molecule has 0 N–H and O–H groups in total. The summed E-state index contributed by atoms with van der Waals surface area (Å²) in [5, 5.41) is 9.33. The SMILES string of the molecule is C#CCOc1ccccc1C=C(C#N)S(=O)(=O)c1ccc(Br)cc1. The zero-order valence-corrected chi connectivity index (χ0v) is 14.8. The second-order valence-corrected chi connectivity index (χ2v) is 7.44. The van der Waals surface area contributed by atoms with E-state index in [1.165, 1.54) is 18.2 Å². The number of nitriles is 1. The second-order valence-electron chi connectivity index (χ2n) is 4.61. The summed E-state index contributed by atoms with van der Waals surface area (Å²) in [4.78, 5) is -0.331. The minimum atomic E-state index is -3.92. The van der Waals surface area contributed by atoms with Crippen LogP contribution in [-0.2, 0) is 9.84 Å². The third-order valence-electron chi connectivity index (χ3n) is 3.04. The third kappa shape index (κ3) is 4.05. The van der Waals surface area contributed by atoms with E-state index in [0.29, 0.717) is 11.3 Å². The number of allylic oxidation sites excluding steroid dienone is 1. The van der Waals surface area contributed by atoms with Crippen molar-refractivity contribution in [3.63, 3.8) is 0 Å². The van der Waals surface area contributed by atoms with Gasteiger partial charge in [0.2, 0.25) is 9.84 Å². The largest absolute Gasteiger partial charge is 0.480 e. The van der Waals surface area contributed by atoms with Crippen molar-refractivity contribution >= 4 is 31.8 Å². The number of terminal acetylenes is 1. The van der Waals surface area contributed by atoms with E-state index < -0.39 is 9.84 Å². The van der Waals surface area contributed by atoms with Crippen LogP contribution in [0.3, 0.4) is 0 Å². The van der Waals surface area contributed by atoms with E-state index >= 15 is 0 Å². The molecule has 0 aliphatic carbocycles. The van der Waals surface area contributed by atoms with Crippen LogP contribution in [0.15, 0.2) is 62.8 Å². The summed E-state index contributed by atoms with van der Waals surface area (Å²) in [5.41, 5.74) is 0.463. The van der Waals surface area contributed by atoms with Crippen LogP contribution in [0.25, 0.3) is 6.08 Å². The minimum absolute atomic E-state index is 0.0422. The number of hydrogen-bond donors (Lipinski definition) is 0. The number of para-hydroxylation sites is 1. The summed E-state index contributed by atoms with van der Waals surface area (Å²) in [5.74, 6) is 2.75. The first kappa shape index (κ1) is 17.8. The van der Waals surface area contributed by atoms with E-state index in [1.54, 1.807) is 42.5 Å². The van der Waals surface area contributed by atoms with Crippen LogP contribution in [-0.4, -0.2) is 15.0 Å². The normalized spacial score (nSPS) is 11.4. The lowest BCUT2D eigenvalue weighted by Gasteiger charge is -2.07. The first-order valence-corrected chi connectivity index (χ1v) is 9.04. The van der Waals surface area contributed by atoms with E-state index in [4.69, 9.17) is 11.2 Å². The monoisotopic (exact) mass is 401 g/mol. The van der Waals surface area contributed by atoms with Gasteiger partial charge < -0.3 is 4.74 Å². The van der Waals surface area contributed by atoms with Crippen LogP contribution in [0.2, 0.25) is 0 Å². The fourth-order valence-electron chi connectivity index (χ4n) is 1.90. The molecule has 0 saturated carbocycles. The smallest absolute Gasteiger partial charge is 0.216 e. The van der Waals surface area contributed by atoms with Gasteiger partial charge in [0, 0.05) is 10.0 Å². The van der Waals surface area contributed by atoms with Crippen LogP contribution < -0.4 is 4.74 Å². The highest BCUT2D eigenvalue weighted by atomic mass is 79.9. The molecule has 0 unspecified atom stereocenters. The van der Waals surface area contributed by atoms with E-state index in [9.17, 15) is 13.7 Å². The molecular weight excluding hydrogens is 390 g/mol. The van der Waals surface area contributed by atoms with Gasteiger partial charge in [-0.05, 0) is 36.4 Å². The highest BCUT2D eigenvalue weighted by Gasteiger charge is 2.21. The number of ether oxygens (including phenoxy) is 1. The van der Waals surface area contributed by atoms with Crippen LogP contribution in [0.1, 0.15) is 5.56 Å². The second kappa shape index (κ2) is 7.83. The molecule has 0 atom stereocenters. The molecule has 0 radical (unpaired) electrons. The van der Waals surface area contributed by atoms with E-state index in [0.717, 1.165) is 4.47 Å². The van der Waals surface area contributed by atoms with Crippen molar-refractivity contribution in [2.24, 2.45) is 0 Å². The van der Waals surface area contributed by atoms with Crippen LogP contribution in [0.5, 0.6) is 5.75 Å². The molecule has 0 fully saturated rings. The highest BCUT2D eigenvalue weighted by molar-refractivity contribution is 9.10. The average Bonchev–Trinajstić information content (AvgIpc) is 2.58. The van der Waals surface area contributed by atoms with Gasteiger partial charge in [-0.15, -0.1) is 6.42 Å². The zero-order valence-electron chi connectivity index (χ0n) is 12.4. The Bertz CT molecular complexity index is 949. The number of benzene rings is 2. The van der Waals surface area contributed by atoms with Gasteiger partial charge >= 0.3 is 0 Å². The Morgan fingerprint density at radius 2 is 1.88 bits per heavy atom. The Balaban J connectivity index is 2.49. The summed E-state index contributed by atoms with van der Waals surface area (Å²) in [6.45, 7) is 0.0478. The molecule has 2 rings (SSSR count). The van der Waals surface area contributed by atoms with Gasteiger partial charge in [-0.1, -0.05) is 40.0 Å². The molecule has 0 aliphatic rings. The number of halogens is 1. The maximum Gasteiger partial charge on any atom is 0.216 e. The van der Waals surface area contributed by atoms with Gasteiger partial charge in [0.25, 0.3) is 0 Å². The number of nitrogens with zero attached hydrogens (tertiary/aromatic N) is 1. The van der Waals surface area contributed by atoms with Crippen LogP contribution in [0.4, 0.5) is 0 Å². The quantitative estimate of drug-likeness (QED) is 0.564. The molecule has 0 aromatic heterocycles. The molecule has 0 aliphatic heterocycles. The lowest BCUT2D eigenvalue weighted by molar-refractivity contribution is 0.369. The Kier molecular flexibility index (Phi) is 5.81. The van der Waals surface area contributed by atoms with Crippen molar-refractivity contribution in [1.82, 2.24) is 0 Å². The van der Waals surface area contributed by atoms with Crippen molar-refractivity contribution in [3.05, 3.63) is 63.5 Å². The van der Waals surface area contributed by atoms with Gasteiger partial charge in [0.05, 0.1) is 4.90 Å². The minimum Gasteiger partial charge on any atom is -0.480 e. The Hall–Kier alpha value is -2.54. The summed E-state index contributed by atoms with van der Waals surface area (Å²) in [6, 6.07) is 14.6. The molecule has 0 saturated heterocycles. The topological polar surface area (TPSA) is 67.2 Å². The highest BCUT2D eigenvalue weighted by Crippen LogP contribution is 2.26. The Labute approximate surface area is 149 Å². The van der Waals surface area contributed by atoms with Gasteiger partial charge in [-0.3, -0.25) is 0 Å². The molecule has 120 valence electrons. The van der Waals surface area contributed by atoms with E-state index in [-0.39, 0.29) is 16.4 Å². The fraction of sp³-hybridized carbons (Fsp3) is 0.0556. The molecular formula is C18H12BrNO3S. The third-order valence-corrected chi connectivity index (χ3v) is 5.25. The summed E-state index contributed by atoms with van der Waals surface area (Å²) < 4.78 is 31.4. The van der Waals surface area contributed by atoms with E-state index in [2.05, 4.69) is 21.9 Å². The Morgan fingerprint density at radius 1 is 1.21 bits per heavy atom. The Morgan fingerprint density at radius 3 is 2.50 bits per heavy atom. The molecule has 24 heavy (non-hydrogen) atoms. The predicted molar refractivity (Wildman–Crippen MR) is 95.7 cm³/mol.